The number of aromatic nitrogens is 1. The minimum Gasteiger partial charge on any atom is -0.317 e. The summed E-state index contributed by atoms with van der Waals surface area (Å²) < 4.78 is 0. The molecule has 19 heavy (non-hydrogen) atoms. The van der Waals surface area contributed by atoms with Gasteiger partial charge in [-0.2, -0.15) is 0 Å². The molecule has 1 aromatic carbocycles. The zero-order chi connectivity index (χ0) is 13.8. The highest BCUT2D eigenvalue weighted by molar-refractivity contribution is 7.12. The minimum absolute atomic E-state index is 1.01. The van der Waals surface area contributed by atoms with Gasteiger partial charge in [0.15, 0.2) is 0 Å². The van der Waals surface area contributed by atoms with Crippen molar-refractivity contribution in [2.75, 3.05) is 13.1 Å². The van der Waals surface area contributed by atoms with Gasteiger partial charge < -0.3 is 5.32 Å². The van der Waals surface area contributed by atoms with E-state index in [4.69, 9.17) is 4.98 Å². The molecule has 3 heteroatoms. The average molecular weight is 274 g/mol. The number of nitrogens with zero attached hydrogens (tertiary/aromatic N) is 1. The maximum atomic E-state index is 4.80. The molecule has 2 rings (SSSR count). The molecule has 0 amide bonds. The molecule has 1 N–H and O–H groups in total. The van der Waals surface area contributed by atoms with Gasteiger partial charge in [-0.1, -0.05) is 19.1 Å². The van der Waals surface area contributed by atoms with Crippen LogP contribution in [0, 0.1) is 20.8 Å². The summed E-state index contributed by atoms with van der Waals surface area (Å²) in [5, 5.41) is 4.58. The number of benzene rings is 1. The zero-order valence-electron chi connectivity index (χ0n) is 12.2. The fraction of sp³-hybridized carbons (Fsp3) is 0.438. The van der Waals surface area contributed by atoms with Gasteiger partial charge in [-0.25, -0.2) is 4.98 Å². The van der Waals surface area contributed by atoms with Crippen molar-refractivity contribution in [1.82, 2.24) is 10.3 Å². The van der Waals surface area contributed by atoms with Crippen molar-refractivity contribution in [2.45, 2.75) is 34.1 Å². The number of hydrogen-bond donors (Lipinski definition) is 1. The van der Waals surface area contributed by atoms with E-state index in [0.717, 1.165) is 25.2 Å². The van der Waals surface area contributed by atoms with E-state index in [1.165, 1.54) is 26.6 Å². The van der Waals surface area contributed by atoms with Crippen molar-refractivity contribution < 1.29 is 0 Å². The molecule has 0 atom stereocenters. The molecule has 1 heterocycles. The molecular formula is C16H22N2S. The Labute approximate surface area is 119 Å². The van der Waals surface area contributed by atoms with Gasteiger partial charge in [-0.15, -0.1) is 11.3 Å². The van der Waals surface area contributed by atoms with Crippen LogP contribution in [0.25, 0.3) is 11.3 Å². The van der Waals surface area contributed by atoms with Crippen LogP contribution >= 0.6 is 11.3 Å². The summed E-state index contributed by atoms with van der Waals surface area (Å²) in [6.45, 7) is 10.6. The number of rotatable bonds is 5. The third-order valence-corrected chi connectivity index (χ3v) is 4.42. The smallest absolute Gasteiger partial charge is 0.0948 e. The Bertz CT molecular complexity index is 558. The highest BCUT2D eigenvalue weighted by atomic mass is 32.1. The maximum absolute atomic E-state index is 4.80. The van der Waals surface area contributed by atoms with Gasteiger partial charge in [0.25, 0.3) is 0 Å². The van der Waals surface area contributed by atoms with Crippen LogP contribution < -0.4 is 5.32 Å². The summed E-state index contributed by atoms with van der Waals surface area (Å²) in [5.41, 5.74) is 5.06. The molecule has 0 unspecified atom stereocenters. The summed E-state index contributed by atoms with van der Waals surface area (Å²) in [4.78, 5) is 6.12. The Kier molecular flexibility index (Phi) is 4.72. The third kappa shape index (κ3) is 3.43. The Morgan fingerprint density at radius 2 is 1.95 bits per heavy atom. The van der Waals surface area contributed by atoms with Gasteiger partial charge in [0, 0.05) is 23.4 Å². The van der Waals surface area contributed by atoms with E-state index in [1.54, 1.807) is 0 Å². The molecule has 2 nitrogen and oxygen atoms in total. The maximum Gasteiger partial charge on any atom is 0.0948 e. The predicted octanol–water partition coefficient (Wildman–Crippen LogP) is 3.89. The van der Waals surface area contributed by atoms with E-state index in [-0.39, 0.29) is 0 Å². The molecular weight excluding hydrogens is 252 g/mol. The first kappa shape index (κ1) is 14.2. The normalized spacial score (nSPS) is 10.9. The monoisotopic (exact) mass is 274 g/mol. The fourth-order valence-electron chi connectivity index (χ4n) is 2.09. The molecule has 0 bridgehead atoms. The number of nitrogens with one attached hydrogen (secondary N) is 1. The fourth-order valence-corrected chi connectivity index (χ4v) is 3.04. The van der Waals surface area contributed by atoms with Crippen LogP contribution in [-0.4, -0.2) is 18.1 Å². The standard InChI is InChI=1S/C16H22N2S/c1-5-17-9-8-15-18-16(13(4)19-15)14-7-6-11(2)12(3)10-14/h6-7,10,17H,5,8-9H2,1-4H3. The first-order valence-corrected chi connectivity index (χ1v) is 7.68. The van der Waals surface area contributed by atoms with Crippen molar-refractivity contribution in [3.05, 3.63) is 39.2 Å². The molecule has 102 valence electrons. The van der Waals surface area contributed by atoms with Gasteiger partial charge in [0.1, 0.15) is 0 Å². The van der Waals surface area contributed by atoms with Crippen molar-refractivity contribution in [2.24, 2.45) is 0 Å². The highest BCUT2D eigenvalue weighted by Gasteiger charge is 2.10. The van der Waals surface area contributed by atoms with Crippen LogP contribution in [0.3, 0.4) is 0 Å². The molecule has 0 aliphatic rings. The largest absolute Gasteiger partial charge is 0.317 e. The lowest BCUT2D eigenvalue weighted by Gasteiger charge is -2.03. The first-order chi connectivity index (χ1) is 9.11. The molecule has 0 radical (unpaired) electrons. The van der Waals surface area contributed by atoms with E-state index in [1.807, 2.05) is 11.3 Å². The lowest BCUT2D eigenvalue weighted by molar-refractivity contribution is 0.714. The summed E-state index contributed by atoms with van der Waals surface area (Å²) in [7, 11) is 0. The van der Waals surface area contributed by atoms with Gasteiger partial charge in [-0.05, 0) is 44.5 Å². The highest BCUT2D eigenvalue weighted by Crippen LogP contribution is 2.28. The van der Waals surface area contributed by atoms with Crippen molar-refractivity contribution in [3.8, 4) is 11.3 Å². The number of hydrogen-bond acceptors (Lipinski definition) is 3. The summed E-state index contributed by atoms with van der Waals surface area (Å²) in [6, 6.07) is 6.60. The SMILES string of the molecule is CCNCCc1nc(-c2ccc(C)c(C)c2)c(C)s1. The second kappa shape index (κ2) is 6.31. The van der Waals surface area contributed by atoms with Crippen LogP contribution in [0.2, 0.25) is 0 Å². The van der Waals surface area contributed by atoms with Crippen LogP contribution in [0.4, 0.5) is 0 Å². The average Bonchev–Trinajstić information content (AvgIpc) is 2.74. The van der Waals surface area contributed by atoms with Crippen molar-refractivity contribution in [3.63, 3.8) is 0 Å². The summed E-state index contributed by atoms with van der Waals surface area (Å²) in [6.07, 6.45) is 1.02. The van der Waals surface area contributed by atoms with Crippen LogP contribution in [0.1, 0.15) is 27.9 Å². The van der Waals surface area contributed by atoms with Crippen LogP contribution in [0.15, 0.2) is 18.2 Å². The second-order valence-electron chi connectivity index (χ2n) is 4.91. The van der Waals surface area contributed by atoms with Crippen molar-refractivity contribution >= 4 is 11.3 Å². The Hall–Kier alpha value is -1.19. The molecule has 1 aromatic heterocycles. The molecule has 0 spiro atoms. The van der Waals surface area contributed by atoms with Gasteiger partial charge >= 0.3 is 0 Å². The number of aryl methyl sites for hydroxylation is 3. The molecule has 0 aliphatic heterocycles. The summed E-state index contributed by atoms with van der Waals surface area (Å²) >= 11 is 1.82. The summed E-state index contributed by atoms with van der Waals surface area (Å²) in [5.74, 6) is 0. The predicted molar refractivity (Wildman–Crippen MR) is 84.0 cm³/mol. The molecule has 0 saturated heterocycles. The van der Waals surface area contributed by atoms with Crippen LogP contribution in [-0.2, 0) is 6.42 Å². The topological polar surface area (TPSA) is 24.9 Å². The minimum atomic E-state index is 1.01. The van der Waals surface area contributed by atoms with E-state index >= 15 is 0 Å². The van der Waals surface area contributed by atoms with Crippen LogP contribution in [0.5, 0.6) is 0 Å². The van der Waals surface area contributed by atoms with E-state index in [2.05, 4.69) is 51.2 Å². The van der Waals surface area contributed by atoms with Gasteiger partial charge in [0.05, 0.1) is 10.7 Å². The Morgan fingerprint density at radius 3 is 2.63 bits per heavy atom. The van der Waals surface area contributed by atoms with E-state index < -0.39 is 0 Å². The lowest BCUT2D eigenvalue weighted by Crippen LogP contribution is -2.15. The molecule has 0 fully saturated rings. The van der Waals surface area contributed by atoms with Crippen molar-refractivity contribution in [1.29, 1.82) is 0 Å². The van der Waals surface area contributed by atoms with Gasteiger partial charge in [-0.3, -0.25) is 0 Å². The second-order valence-corrected chi connectivity index (χ2v) is 6.20. The number of likely N-dealkylation sites (N-methyl/N-ethyl adjacent to an activating group) is 1. The van der Waals surface area contributed by atoms with E-state index in [9.17, 15) is 0 Å². The molecule has 2 aromatic rings. The lowest BCUT2D eigenvalue weighted by atomic mass is 10.0. The number of thiazole rings is 1. The quantitative estimate of drug-likeness (QED) is 0.837. The molecule has 0 saturated carbocycles. The Balaban J connectivity index is 2.22. The zero-order valence-corrected chi connectivity index (χ0v) is 13.0. The molecule has 0 aliphatic carbocycles. The van der Waals surface area contributed by atoms with E-state index in [0.29, 0.717) is 0 Å². The third-order valence-electron chi connectivity index (χ3n) is 3.39. The Morgan fingerprint density at radius 1 is 1.16 bits per heavy atom. The first-order valence-electron chi connectivity index (χ1n) is 6.86. The van der Waals surface area contributed by atoms with Gasteiger partial charge in [0.2, 0.25) is 0 Å².